The van der Waals surface area contributed by atoms with Crippen LogP contribution in [0.4, 0.5) is 0 Å². The van der Waals surface area contributed by atoms with E-state index >= 15 is 0 Å². The van der Waals surface area contributed by atoms with Crippen molar-refractivity contribution in [1.29, 1.82) is 0 Å². The lowest BCUT2D eigenvalue weighted by atomic mass is 10.1. The van der Waals surface area contributed by atoms with Gasteiger partial charge >= 0.3 is 0 Å². The summed E-state index contributed by atoms with van der Waals surface area (Å²) in [5.74, 6) is 0.723. The van der Waals surface area contributed by atoms with Crippen LogP contribution in [-0.2, 0) is 13.1 Å². The zero-order chi connectivity index (χ0) is 18.1. The van der Waals surface area contributed by atoms with E-state index in [4.69, 9.17) is 11.6 Å². The molecule has 0 fully saturated rings. The number of nitrogens with one attached hydrogen (secondary N) is 2. The molecule has 0 amide bonds. The molecule has 2 N–H and O–H groups in total. The van der Waals surface area contributed by atoms with Crippen molar-refractivity contribution in [1.82, 2.24) is 9.97 Å². The van der Waals surface area contributed by atoms with Gasteiger partial charge in [-0.25, -0.2) is 4.98 Å². The molecule has 0 bridgehead atoms. The monoisotopic (exact) mass is 402 g/mol. The normalized spacial score (nSPS) is 12.5. The minimum atomic E-state index is -0.0832. The molecule has 4 rings (SSSR count). The van der Waals surface area contributed by atoms with E-state index in [0.29, 0.717) is 17.0 Å². The highest BCUT2D eigenvalue weighted by Crippen LogP contribution is 2.31. The quantitative estimate of drug-likeness (QED) is 0.536. The fraction of sp³-hybridized carbons (Fsp3) is 0.158. The van der Waals surface area contributed by atoms with Gasteiger partial charge in [0, 0.05) is 16.0 Å². The first-order valence-electron chi connectivity index (χ1n) is 8.20. The second-order valence-corrected chi connectivity index (χ2v) is 8.57. The Hall–Kier alpha value is -1.99. The van der Waals surface area contributed by atoms with Crippen molar-refractivity contribution < 1.29 is 4.90 Å². The van der Waals surface area contributed by atoms with Gasteiger partial charge in [0.05, 0.1) is 17.3 Å². The first-order chi connectivity index (χ1) is 12.6. The summed E-state index contributed by atoms with van der Waals surface area (Å²) in [5.41, 5.74) is 1.79. The van der Waals surface area contributed by atoms with Crippen LogP contribution < -0.4 is 10.5 Å². The van der Waals surface area contributed by atoms with Crippen molar-refractivity contribution in [2.75, 3.05) is 7.05 Å². The average molecular weight is 403 g/mol. The van der Waals surface area contributed by atoms with Crippen LogP contribution in [0.15, 0.2) is 52.0 Å². The smallest absolute Gasteiger partial charge is 0.260 e. The molecular formula is C19H17ClN3OS2+. The topological polar surface area (TPSA) is 50.2 Å². The molecule has 4 nitrogen and oxygen atoms in total. The molecule has 0 radical (unpaired) electrons. The van der Waals surface area contributed by atoms with Crippen LogP contribution in [0.1, 0.15) is 10.7 Å². The SMILES string of the molecule is C[NH+](Cc1nc2scc(-c3ccc(Cl)cc3)c2c(=O)[nH]1)Cc1cccs1. The molecule has 0 aliphatic rings. The molecule has 3 heterocycles. The first kappa shape index (κ1) is 17.4. The largest absolute Gasteiger partial charge is 0.327 e. The van der Waals surface area contributed by atoms with Crippen LogP contribution >= 0.6 is 34.3 Å². The van der Waals surface area contributed by atoms with Crippen LogP contribution in [0.25, 0.3) is 21.3 Å². The maximum Gasteiger partial charge on any atom is 0.260 e. The fourth-order valence-electron chi connectivity index (χ4n) is 2.98. The van der Waals surface area contributed by atoms with Crippen LogP contribution in [0.3, 0.4) is 0 Å². The Labute approximate surface area is 163 Å². The number of hydrogen-bond donors (Lipinski definition) is 2. The number of fused-ring (bicyclic) bond motifs is 1. The third-order valence-corrected chi connectivity index (χ3v) is 6.17. The third kappa shape index (κ3) is 3.59. The lowest BCUT2D eigenvalue weighted by Crippen LogP contribution is -3.06. The number of aromatic nitrogens is 2. The molecule has 0 aliphatic carbocycles. The van der Waals surface area contributed by atoms with E-state index in [2.05, 4.69) is 34.5 Å². The molecule has 1 unspecified atom stereocenters. The molecule has 1 atom stereocenters. The highest BCUT2D eigenvalue weighted by Gasteiger charge is 2.15. The van der Waals surface area contributed by atoms with Gasteiger partial charge in [-0.05, 0) is 29.1 Å². The molecule has 26 heavy (non-hydrogen) atoms. The predicted octanol–water partition coefficient (Wildman–Crippen LogP) is 3.58. The Morgan fingerprint density at radius 2 is 1.96 bits per heavy atom. The molecule has 0 aliphatic heterocycles. The minimum Gasteiger partial charge on any atom is -0.327 e. The van der Waals surface area contributed by atoms with Crippen LogP contribution in [0, 0.1) is 0 Å². The van der Waals surface area contributed by atoms with Gasteiger partial charge in [0.1, 0.15) is 17.9 Å². The first-order valence-corrected chi connectivity index (χ1v) is 10.3. The number of rotatable bonds is 5. The second kappa shape index (κ2) is 7.32. The number of H-pyrrole nitrogens is 1. The van der Waals surface area contributed by atoms with Gasteiger partial charge in [-0.3, -0.25) is 4.79 Å². The van der Waals surface area contributed by atoms with E-state index < -0.39 is 0 Å². The van der Waals surface area contributed by atoms with Gasteiger partial charge in [0.2, 0.25) is 0 Å². The van der Waals surface area contributed by atoms with Gasteiger partial charge in [0.15, 0.2) is 5.82 Å². The van der Waals surface area contributed by atoms with E-state index in [0.717, 1.165) is 28.3 Å². The summed E-state index contributed by atoms with van der Waals surface area (Å²) in [5, 5.41) is 5.40. The maximum absolute atomic E-state index is 12.7. The highest BCUT2D eigenvalue weighted by atomic mass is 35.5. The summed E-state index contributed by atoms with van der Waals surface area (Å²) < 4.78 is 0. The number of nitrogens with zero attached hydrogens (tertiary/aromatic N) is 1. The molecule has 3 aromatic heterocycles. The average Bonchev–Trinajstić information content (AvgIpc) is 3.25. The number of thiophene rings is 2. The molecule has 4 aromatic rings. The Morgan fingerprint density at radius 3 is 2.69 bits per heavy atom. The summed E-state index contributed by atoms with van der Waals surface area (Å²) in [6, 6.07) is 11.7. The van der Waals surface area contributed by atoms with Crippen LogP contribution in [0.5, 0.6) is 0 Å². The Morgan fingerprint density at radius 1 is 1.15 bits per heavy atom. The standard InChI is InChI=1S/C19H16ClN3OS2/c1-23(9-14-3-2-8-25-14)10-16-21-18(24)17-15(11-26-19(17)22-16)12-4-6-13(20)7-5-12/h2-8,11H,9-10H2,1H3,(H,21,22,24)/p+1. The number of quaternary nitrogens is 1. The summed E-state index contributed by atoms with van der Waals surface area (Å²) in [4.78, 5) is 23.7. The van der Waals surface area contributed by atoms with Gasteiger partial charge in [-0.2, -0.15) is 0 Å². The van der Waals surface area contributed by atoms with Crippen LogP contribution in [0.2, 0.25) is 5.02 Å². The van der Waals surface area contributed by atoms with Gasteiger partial charge < -0.3 is 9.88 Å². The van der Waals surface area contributed by atoms with Crippen LogP contribution in [-0.4, -0.2) is 17.0 Å². The van der Waals surface area contributed by atoms with Crippen molar-refractivity contribution in [3.05, 3.63) is 73.2 Å². The van der Waals surface area contributed by atoms with Crippen molar-refractivity contribution in [2.45, 2.75) is 13.1 Å². The lowest BCUT2D eigenvalue weighted by molar-refractivity contribution is -0.908. The molecule has 0 saturated heterocycles. The molecule has 132 valence electrons. The lowest BCUT2D eigenvalue weighted by Gasteiger charge is -2.12. The van der Waals surface area contributed by atoms with Crippen molar-refractivity contribution in [3.63, 3.8) is 0 Å². The second-order valence-electron chi connectivity index (χ2n) is 6.24. The van der Waals surface area contributed by atoms with Gasteiger partial charge in [-0.1, -0.05) is 29.8 Å². The molecular weight excluding hydrogens is 386 g/mol. The van der Waals surface area contributed by atoms with Crippen molar-refractivity contribution in [2.24, 2.45) is 0 Å². The van der Waals surface area contributed by atoms with Crippen molar-refractivity contribution >= 4 is 44.5 Å². The third-order valence-electron chi connectivity index (χ3n) is 4.17. The predicted molar refractivity (Wildman–Crippen MR) is 109 cm³/mol. The van der Waals surface area contributed by atoms with Gasteiger partial charge in [0.25, 0.3) is 5.56 Å². The van der Waals surface area contributed by atoms with E-state index in [-0.39, 0.29) is 5.56 Å². The minimum absolute atomic E-state index is 0.0832. The number of halogens is 1. The summed E-state index contributed by atoms with van der Waals surface area (Å²) in [6.07, 6.45) is 0. The molecule has 0 saturated carbocycles. The summed E-state index contributed by atoms with van der Waals surface area (Å²) >= 11 is 9.21. The fourth-order valence-corrected chi connectivity index (χ4v) is 4.89. The van der Waals surface area contributed by atoms with Crippen molar-refractivity contribution in [3.8, 4) is 11.1 Å². The Bertz CT molecular complexity index is 1080. The molecule has 7 heteroatoms. The number of hydrogen-bond acceptors (Lipinski definition) is 4. The Balaban J connectivity index is 1.63. The van der Waals surface area contributed by atoms with E-state index in [9.17, 15) is 4.79 Å². The molecule has 0 spiro atoms. The highest BCUT2D eigenvalue weighted by molar-refractivity contribution is 7.17. The van der Waals surface area contributed by atoms with E-state index in [1.54, 1.807) is 11.3 Å². The summed E-state index contributed by atoms with van der Waals surface area (Å²) in [7, 11) is 2.11. The number of benzene rings is 1. The maximum atomic E-state index is 12.7. The number of aromatic amines is 1. The van der Waals surface area contributed by atoms with Gasteiger partial charge in [-0.15, -0.1) is 22.7 Å². The Kier molecular flexibility index (Phi) is 4.91. The molecule has 1 aromatic carbocycles. The summed E-state index contributed by atoms with van der Waals surface area (Å²) in [6.45, 7) is 1.59. The van der Waals surface area contributed by atoms with E-state index in [1.807, 2.05) is 29.6 Å². The zero-order valence-electron chi connectivity index (χ0n) is 14.1. The zero-order valence-corrected chi connectivity index (χ0v) is 16.5. The van der Waals surface area contributed by atoms with E-state index in [1.165, 1.54) is 21.1 Å².